The maximum Gasteiger partial charge on any atom is 0.308 e. The van der Waals surface area contributed by atoms with E-state index >= 15 is 0 Å². The third-order valence-corrected chi connectivity index (χ3v) is 1.69. The van der Waals surface area contributed by atoms with Gasteiger partial charge in [-0.25, -0.2) is 5.48 Å². The molecule has 0 aromatic heterocycles. The monoisotopic (exact) mass is 204 g/mol. The van der Waals surface area contributed by atoms with E-state index in [0.29, 0.717) is 6.42 Å². The SMILES string of the molecule is CC(CC(C)(C)N)C(=O)OCCNO. The fraction of sp³-hybridized carbons (Fsp3) is 0.889. The first-order chi connectivity index (χ1) is 6.37. The van der Waals surface area contributed by atoms with Crippen LogP contribution in [-0.4, -0.2) is 29.9 Å². The Hall–Kier alpha value is -0.650. The molecule has 0 aliphatic rings. The highest BCUT2D eigenvalue weighted by Gasteiger charge is 2.22. The Balaban J connectivity index is 3.77. The molecule has 0 fully saturated rings. The van der Waals surface area contributed by atoms with Crippen LogP contribution < -0.4 is 11.2 Å². The summed E-state index contributed by atoms with van der Waals surface area (Å²) in [7, 11) is 0. The molecule has 0 aromatic carbocycles. The van der Waals surface area contributed by atoms with Crippen molar-refractivity contribution in [1.29, 1.82) is 0 Å². The summed E-state index contributed by atoms with van der Waals surface area (Å²) in [5.74, 6) is -0.493. The number of esters is 1. The first-order valence-corrected chi connectivity index (χ1v) is 4.69. The maximum absolute atomic E-state index is 11.3. The van der Waals surface area contributed by atoms with Gasteiger partial charge in [0.1, 0.15) is 6.61 Å². The van der Waals surface area contributed by atoms with Gasteiger partial charge in [-0.1, -0.05) is 6.92 Å². The van der Waals surface area contributed by atoms with Crippen LogP contribution in [0.15, 0.2) is 0 Å². The van der Waals surface area contributed by atoms with Gasteiger partial charge in [-0.15, -0.1) is 0 Å². The molecule has 1 unspecified atom stereocenters. The molecule has 84 valence electrons. The molecule has 5 nitrogen and oxygen atoms in total. The van der Waals surface area contributed by atoms with Gasteiger partial charge in [-0.05, 0) is 20.3 Å². The molecule has 5 heteroatoms. The smallest absolute Gasteiger partial charge is 0.308 e. The standard InChI is InChI=1S/C9H20N2O3/c1-7(6-9(2,3)10)8(12)14-5-4-11-13/h7,11,13H,4-6,10H2,1-3H3. The van der Waals surface area contributed by atoms with Crippen LogP contribution in [0.1, 0.15) is 27.2 Å². The van der Waals surface area contributed by atoms with Crippen molar-refractivity contribution in [3.05, 3.63) is 0 Å². The zero-order valence-electron chi connectivity index (χ0n) is 9.04. The summed E-state index contributed by atoms with van der Waals surface area (Å²) in [5, 5.41) is 8.24. The molecule has 0 aromatic rings. The second kappa shape index (κ2) is 5.95. The van der Waals surface area contributed by atoms with E-state index in [0.717, 1.165) is 0 Å². The number of nitrogens with two attached hydrogens (primary N) is 1. The van der Waals surface area contributed by atoms with Gasteiger partial charge >= 0.3 is 5.97 Å². The number of ether oxygens (including phenoxy) is 1. The highest BCUT2D eigenvalue weighted by atomic mass is 16.5. The summed E-state index contributed by atoms with van der Waals surface area (Å²) >= 11 is 0. The molecule has 0 radical (unpaired) electrons. The van der Waals surface area contributed by atoms with E-state index in [4.69, 9.17) is 15.7 Å². The Bertz CT molecular complexity index is 177. The van der Waals surface area contributed by atoms with Crippen molar-refractivity contribution in [2.45, 2.75) is 32.7 Å². The molecule has 14 heavy (non-hydrogen) atoms. The van der Waals surface area contributed by atoms with Crippen molar-refractivity contribution in [3.8, 4) is 0 Å². The number of hydrogen-bond acceptors (Lipinski definition) is 5. The molecule has 0 saturated carbocycles. The summed E-state index contributed by atoms with van der Waals surface area (Å²) in [6.07, 6.45) is 0.582. The van der Waals surface area contributed by atoms with E-state index < -0.39 is 0 Å². The molecular weight excluding hydrogens is 184 g/mol. The van der Waals surface area contributed by atoms with Crippen LogP contribution >= 0.6 is 0 Å². The fourth-order valence-corrected chi connectivity index (χ4v) is 1.21. The summed E-state index contributed by atoms with van der Waals surface area (Å²) in [6.45, 7) is 5.93. The summed E-state index contributed by atoms with van der Waals surface area (Å²) in [6, 6.07) is 0. The Labute approximate surface area is 84.6 Å². The first kappa shape index (κ1) is 13.4. The van der Waals surface area contributed by atoms with E-state index in [-0.39, 0.29) is 30.6 Å². The van der Waals surface area contributed by atoms with Gasteiger partial charge in [-0.3, -0.25) is 4.79 Å². The van der Waals surface area contributed by atoms with E-state index in [2.05, 4.69) is 0 Å². The third kappa shape index (κ3) is 6.82. The van der Waals surface area contributed by atoms with Crippen LogP contribution in [0.5, 0.6) is 0 Å². The van der Waals surface area contributed by atoms with Crippen LogP contribution in [0.4, 0.5) is 0 Å². The highest BCUT2D eigenvalue weighted by molar-refractivity contribution is 5.72. The molecule has 0 heterocycles. The Morgan fingerprint density at radius 1 is 1.64 bits per heavy atom. The minimum absolute atomic E-state index is 0.171. The van der Waals surface area contributed by atoms with Crippen molar-refractivity contribution in [3.63, 3.8) is 0 Å². The molecular formula is C9H20N2O3. The average molecular weight is 204 g/mol. The molecule has 0 rings (SSSR count). The number of carbonyl (C=O) groups excluding carboxylic acids is 1. The van der Waals surface area contributed by atoms with Crippen LogP contribution in [-0.2, 0) is 9.53 Å². The lowest BCUT2D eigenvalue weighted by Gasteiger charge is -2.22. The van der Waals surface area contributed by atoms with Gasteiger partial charge in [0.25, 0.3) is 0 Å². The lowest BCUT2D eigenvalue weighted by molar-refractivity contribution is -0.148. The first-order valence-electron chi connectivity index (χ1n) is 4.69. The van der Waals surface area contributed by atoms with Gasteiger partial charge in [0, 0.05) is 5.54 Å². The fourth-order valence-electron chi connectivity index (χ4n) is 1.21. The van der Waals surface area contributed by atoms with E-state index in [1.807, 2.05) is 19.3 Å². The van der Waals surface area contributed by atoms with Crippen molar-refractivity contribution in [2.75, 3.05) is 13.2 Å². The molecule has 0 spiro atoms. The molecule has 1 atom stereocenters. The van der Waals surface area contributed by atoms with Gasteiger partial charge < -0.3 is 15.7 Å². The third-order valence-electron chi connectivity index (χ3n) is 1.69. The second-order valence-electron chi connectivity index (χ2n) is 4.17. The minimum atomic E-state index is -0.367. The maximum atomic E-state index is 11.3. The zero-order valence-corrected chi connectivity index (χ0v) is 9.04. The molecule has 0 amide bonds. The minimum Gasteiger partial charge on any atom is -0.464 e. The molecule has 0 saturated heterocycles. The van der Waals surface area contributed by atoms with Crippen LogP contribution in [0, 0.1) is 5.92 Å². The number of nitrogens with one attached hydrogen (secondary N) is 1. The summed E-state index contributed by atoms with van der Waals surface area (Å²) in [5.41, 5.74) is 7.31. The van der Waals surface area contributed by atoms with Crippen LogP contribution in [0.25, 0.3) is 0 Å². The predicted molar refractivity (Wildman–Crippen MR) is 52.8 cm³/mol. The normalized spacial score (nSPS) is 13.8. The Morgan fingerprint density at radius 2 is 2.21 bits per heavy atom. The van der Waals surface area contributed by atoms with Gasteiger partial charge in [0.05, 0.1) is 12.5 Å². The van der Waals surface area contributed by atoms with Crippen molar-refractivity contribution in [2.24, 2.45) is 11.7 Å². The lowest BCUT2D eigenvalue weighted by atomic mass is 9.93. The quantitative estimate of drug-likeness (QED) is 0.328. The average Bonchev–Trinajstić information content (AvgIpc) is 2.01. The number of hydrogen-bond donors (Lipinski definition) is 3. The number of hydroxylamine groups is 1. The van der Waals surface area contributed by atoms with Crippen molar-refractivity contribution in [1.82, 2.24) is 5.48 Å². The molecule has 0 bridgehead atoms. The van der Waals surface area contributed by atoms with Gasteiger partial charge in [0.15, 0.2) is 0 Å². The number of carbonyl (C=O) groups is 1. The summed E-state index contributed by atoms with van der Waals surface area (Å²) in [4.78, 5) is 11.3. The van der Waals surface area contributed by atoms with Crippen LogP contribution in [0.3, 0.4) is 0 Å². The lowest BCUT2D eigenvalue weighted by Crippen LogP contribution is -2.36. The Kier molecular flexibility index (Phi) is 5.68. The van der Waals surface area contributed by atoms with E-state index in [1.165, 1.54) is 0 Å². The predicted octanol–water partition coefficient (Wildman–Crippen LogP) is 0.272. The van der Waals surface area contributed by atoms with Gasteiger partial charge in [0.2, 0.25) is 0 Å². The molecule has 0 aliphatic heterocycles. The largest absolute Gasteiger partial charge is 0.464 e. The van der Waals surface area contributed by atoms with Crippen molar-refractivity contribution >= 4 is 5.97 Å². The highest BCUT2D eigenvalue weighted by Crippen LogP contribution is 2.14. The summed E-state index contributed by atoms with van der Waals surface area (Å²) < 4.78 is 4.87. The van der Waals surface area contributed by atoms with E-state index in [9.17, 15) is 4.79 Å². The van der Waals surface area contributed by atoms with Crippen molar-refractivity contribution < 1.29 is 14.7 Å². The molecule has 0 aliphatic carbocycles. The van der Waals surface area contributed by atoms with E-state index in [1.54, 1.807) is 6.92 Å². The zero-order chi connectivity index (χ0) is 11.2. The second-order valence-corrected chi connectivity index (χ2v) is 4.17. The topological polar surface area (TPSA) is 84.6 Å². The number of rotatable bonds is 6. The van der Waals surface area contributed by atoms with Crippen LogP contribution in [0.2, 0.25) is 0 Å². The molecule has 4 N–H and O–H groups in total. The van der Waals surface area contributed by atoms with Gasteiger partial charge in [-0.2, -0.15) is 0 Å². The Morgan fingerprint density at radius 3 is 2.64 bits per heavy atom.